The molecule has 1 saturated heterocycles. The van der Waals surface area contributed by atoms with Crippen LogP contribution in [0.5, 0.6) is 0 Å². The van der Waals surface area contributed by atoms with E-state index in [1.807, 2.05) is 18.2 Å². The highest BCUT2D eigenvalue weighted by Crippen LogP contribution is 2.24. The van der Waals surface area contributed by atoms with Crippen LogP contribution >= 0.6 is 24.0 Å². The highest BCUT2D eigenvalue weighted by Gasteiger charge is 2.23. The van der Waals surface area contributed by atoms with Crippen molar-refractivity contribution in [3.63, 3.8) is 0 Å². The first-order chi connectivity index (χ1) is 15.0. The Morgan fingerprint density at radius 2 is 1.72 bits per heavy atom. The van der Waals surface area contributed by atoms with Crippen LogP contribution in [0.2, 0.25) is 0 Å². The number of amides is 1. The van der Waals surface area contributed by atoms with Crippen molar-refractivity contribution in [2.75, 3.05) is 38.5 Å². The number of anilines is 1. The van der Waals surface area contributed by atoms with Gasteiger partial charge in [-0.25, -0.2) is 13.2 Å². The average Bonchev–Trinajstić information content (AvgIpc) is 3.32. The van der Waals surface area contributed by atoms with Gasteiger partial charge in [-0.3, -0.25) is 14.7 Å². The highest BCUT2D eigenvalue weighted by molar-refractivity contribution is 14.0. The maximum atomic E-state index is 13.7. The third-order valence-corrected chi connectivity index (χ3v) is 5.18. The molecular formula is C22H27F3IN5O. The van der Waals surface area contributed by atoms with Gasteiger partial charge in [0.2, 0.25) is 5.91 Å². The van der Waals surface area contributed by atoms with E-state index in [0.29, 0.717) is 12.5 Å². The second kappa shape index (κ2) is 12.6. The fourth-order valence-corrected chi connectivity index (χ4v) is 3.58. The average molecular weight is 561 g/mol. The Bertz CT molecular complexity index is 923. The Hall–Kier alpha value is -2.34. The van der Waals surface area contributed by atoms with E-state index in [4.69, 9.17) is 0 Å². The number of likely N-dealkylation sites (tertiary alicyclic amines) is 1. The largest absolute Gasteiger partial charge is 0.354 e. The van der Waals surface area contributed by atoms with Crippen molar-refractivity contribution >= 4 is 41.5 Å². The van der Waals surface area contributed by atoms with Gasteiger partial charge in [-0.15, -0.1) is 24.0 Å². The number of carbonyl (C=O) groups is 1. The van der Waals surface area contributed by atoms with Crippen LogP contribution in [0.3, 0.4) is 0 Å². The minimum atomic E-state index is -1.63. The lowest BCUT2D eigenvalue weighted by Crippen LogP contribution is -2.45. The first-order valence-corrected chi connectivity index (χ1v) is 10.2. The van der Waals surface area contributed by atoms with E-state index in [1.165, 1.54) is 5.56 Å². The van der Waals surface area contributed by atoms with Gasteiger partial charge in [0.15, 0.2) is 23.4 Å². The number of guanidine groups is 1. The lowest BCUT2D eigenvalue weighted by Gasteiger charge is -2.28. The summed E-state index contributed by atoms with van der Waals surface area (Å²) in [4.78, 5) is 18.6. The van der Waals surface area contributed by atoms with Gasteiger partial charge in [0.25, 0.3) is 0 Å². The van der Waals surface area contributed by atoms with Crippen molar-refractivity contribution in [1.82, 2.24) is 15.5 Å². The van der Waals surface area contributed by atoms with Crippen LogP contribution in [-0.2, 0) is 4.79 Å². The zero-order chi connectivity index (χ0) is 22.2. The summed E-state index contributed by atoms with van der Waals surface area (Å²) in [6.45, 7) is 2.41. The predicted molar refractivity (Wildman–Crippen MR) is 130 cm³/mol. The van der Waals surface area contributed by atoms with Gasteiger partial charge in [-0.1, -0.05) is 30.3 Å². The number of halogens is 4. The van der Waals surface area contributed by atoms with Crippen LogP contribution in [0.1, 0.15) is 24.4 Å². The number of nitrogens with zero attached hydrogens (tertiary/aromatic N) is 2. The summed E-state index contributed by atoms with van der Waals surface area (Å²) in [5.41, 5.74) is 0.769. The highest BCUT2D eigenvalue weighted by atomic mass is 127. The van der Waals surface area contributed by atoms with Crippen LogP contribution < -0.4 is 16.0 Å². The van der Waals surface area contributed by atoms with E-state index in [1.54, 1.807) is 7.05 Å². The molecule has 1 aliphatic heterocycles. The van der Waals surface area contributed by atoms with Crippen LogP contribution in [0.4, 0.5) is 18.9 Å². The number of nitrogens with one attached hydrogen (secondary N) is 3. The number of aliphatic imine (C=N–C) groups is 1. The second-order valence-corrected chi connectivity index (χ2v) is 7.25. The van der Waals surface area contributed by atoms with Crippen molar-refractivity contribution in [1.29, 1.82) is 0 Å². The first-order valence-electron chi connectivity index (χ1n) is 10.2. The standard InChI is InChI=1S/C22H26F3N5O.HI/c1-26-22(28-14-19(31)29-17-10-9-16(23)20(24)21(17)25)27-13-18(30-11-5-6-12-30)15-7-3-2-4-8-15;/h2-4,7-10,18H,5-6,11-14H2,1H3,(H,29,31)(H2,26,27,28);1H. The summed E-state index contributed by atoms with van der Waals surface area (Å²) in [7, 11) is 1.58. The quantitative estimate of drug-likeness (QED) is 0.209. The molecule has 2 aromatic rings. The molecule has 0 saturated carbocycles. The fraction of sp³-hybridized carbons (Fsp3) is 0.364. The summed E-state index contributed by atoms with van der Waals surface area (Å²) in [5.74, 6) is -4.60. The minimum Gasteiger partial charge on any atom is -0.354 e. The number of rotatable bonds is 7. The Labute approximate surface area is 202 Å². The third kappa shape index (κ3) is 6.83. The van der Waals surface area contributed by atoms with Crippen LogP contribution in [0.25, 0.3) is 0 Å². The molecule has 3 rings (SSSR count). The van der Waals surface area contributed by atoms with Crippen molar-refractivity contribution in [3.8, 4) is 0 Å². The van der Waals surface area contributed by atoms with E-state index in [-0.39, 0.29) is 36.6 Å². The Morgan fingerprint density at radius 3 is 2.38 bits per heavy atom. The zero-order valence-electron chi connectivity index (χ0n) is 17.7. The Balaban J connectivity index is 0.00000363. The second-order valence-electron chi connectivity index (χ2n) is 7.25. The molecule has 0 radical (unpaired) electrons. The van der Waals surface area contributed by atoms with Gasteiger partial charge >= 0.3 is 0 Å². The molecule has 0 bridgehead atoms. The molecule has 10 heteroatoms. The molecule has 174 valence electrons. The van der Waals surface area contributed by atoms with Crippen LogP contribution in [0.15, 0.2) is 47.5 Å². The molecule has 1 unspecified atom stereocenters. The molecule has 1 fully saturated rings. The first kappa shape index (κ1) is 25.9. The Morgan fingerprint density at radius 1 is 1.03 bits per heavy atom. The normalized spacial score (nSPS) is 15.1. The zero-order valence-corrected chi connectivity index (χ0v) is 20.0. The fourth-order valence-electron chi connectivity index (χ4n) is 3.58. The number of benzene rings is 2. The van der Waals surface area contributed by atoms with E-state index >= 15 is 0 Å². The van der Waals surface area contributed by atoms with Crippen LogP contribution in [0, 0.1) is 17.5 Å². The van der Waals surface area contributed by atoms with E-state index < -0.39 is 29.0 Å². The number of hydrogen-bond donors (Lipinski definition) is 3. The predicted octanol–water partition coefficient (Wildman–Crippen LogP) is 3.66. The molecular weight excluding hydrogens is 534 g/mol. The van der Waals surface area contributed by atoms with Gasteiger partial charge in [0, 0.05) is 13.6 Å². The van der Waals surface area contributed by atoms with Gasteiger partial charge in [0.1, 0.15) is 0 Å². The molecule has 2 aromatic carbocycles. The summed E-state index contributed by atoms with van der Waals surface area (Å²) in [6.07, 6.45) is 2.33. The van der Waals surface area contributed by atoms with Gasteiger partial charge in [0.05, 0.1) is 18.3 Å². The third-order valence-electron chi connectivity index (χ3n) is 5.18. The maximum Gasteiger partial charge on any atom is 0.243 e. The van der Waals surface area contributed by atoms with Gasteiger partial charge < -0.3 is 16.0 Å². The van der Waals surface area contributed by atoms with E-state index in [9.17, 15) is 18.0 Å². The molecule has 1 amide bonds. The lowest BCUT2D eigenvalue weighted by atomic mass is 10.1. The van der Waals surface area contributed by atoms with Crippen molar-refractivity contribution in [2.45, 2.75) is 18.9 Å². The molecule has 1 aliphatic rings. The molecule has 6 nitrogen and oxygen atoms in total. The van der Waals surface area contributed by atoms with Crippen molar-refractivity contribution in [2.24, 2.45) is 4.99 Å². The summed E-state index contributed by atoms with van der Waals surface area (Å²) < 4.78 is 40.0. The minimum absolute atomic E-state index is 0. The Kier molecular flexibility index (Phi) is 10.2. The summed E-state index contributed by atoms with van der Waals surface area (Å²) in [6, 6.07) is 12.1. The monoisotopic (exact) mass is 561 g/mol. The molecule has 1 atom stereocenters. The van der Waals surface area contributed by atoms with Gasteiger partial charge in [-0.2, -0.15) is 0 Å². The SMILES string of the molecule is CN=C(NCC(=O)Nc1ccc(F)c(F)c1F)NCC(c1ccccc1)N1CCCC1.I. The van der Waals surface area contributed by atoms with E-state index in [0.717, 1.165) is 38.1 Å². The molecule has 0 aromatic heterocycles. The lowest BCUT2D eigenvalue weighted by molar-refractivity contribution is -0.115. The molecule has 1 heterocycles. The van der Waals surface area contributed by atoms with Gasteiger partial charge in [-0.05, 0) is 43.6 Å². The molecule has 0 spiro atoms. The number of carbonyl (C=O) groups excluding carboxylic acids is 1. The van der Waals surface area contributed by atoms with Crippen molar-refractivity contribution < 1.29 is 18.0 Å². The summed E-state index contributed by atoms with van der Waals surface area (Å²) >= 11 is 0. The molecule has 0 aliphatic carbocycles. The van der Waals surface area contributed by atoms with E-state index in [2.05, 4.69) is 38.0 Å². The summed E-state index contributed by atoms with van der Waals surface area (Å²) in [5, 5.41) is 8.30. The topological polar surface area (TPSA) is 68.8 Å². The molecule has 3 N–H and O–H groups in total. The molecule has 32 heavy (non-hydrogen) atoms. The van der Waals surface area contributed by atoms with Crippen molar-refractivity contribution in [3.05, 3.63) is 65.5 Å². The van der Waals surface area contributed by atoms with Crippen LogP contribution in [-0.4, -0.2) is 50.0 Å². The number of hydrogen-bond acceptors (Lipinski definition) is 3. The maximum absolute atomic E-state index is 13.7. The smallest absolute Gasteiger partial charge is 0.243 e.